The molecule has 3 aliphatic carbocycles. The van der Waals surface area contributed by atoms with Crippen molar-refractivity contribution < 1.29 is 19.7 Å². The molecule has 1 aliphatic heterocycles. The molecular formula is C28H37NO4. The summed E-state index contributed by atoms with van der Waals surface area (Å²) < 4.78 is 6.44. The Labute approximate surface area is 195 Å². The number of carboxylic acid groups (broad SMARTS) is 1. The van der Waals surface area contributed by atoms with E-state index in [1.165, 1.54) is 22.2 Å². The molecule has 4 aliphatic rings. The zero-order chi connectivity index (χ0) is 23.4. The standard InChI is InChI=1S/C28H37NO4/c1-25(2,32)21-12-14-28(24(30)31)20-10-9-16-15-18-17-7-5-6-8-19(17)29-23(18)27(16,4)26(20,3)13-11-22(28)33-21/h5-8,16,20-22,29,32H,9-15H2,1-4H3,(H,30,31)/t16-,20+,21-,22-,26-,27+,28+/m0/s1. The SMILES string of the molecule is CC(C)(O)[C@@H]1CC[C@]2(C(=O)O)[C@H](CC[C@@]3(C)[C@H]2CC[C@H]2Cc4c([nH]c5ccccc45)[C@@]23C)O1. The maximum atomic E-state index is 13.1. The van der Waals surface area contributed by atoms with Gasteiger partial charge in [-0.05, 0) is 87.7 Å². The second-order valence-electron chi connectivity index (χ2n) is 12.4. The zero-order valence-corrected chi connectivity index (χ0v) is 20.3. The van der Waals surface area contributed by atoms with Crippen LogP contribution < -0.4 is 0 Å². The molecule has 5 nitrogen and oxygen atoms in total. The lowest BCUT2D eigenvalue weighted by Crippen LogP contribution is -2.68. The first-order valence-electron chi connectivity index (χ1n) is 12.7. The monoisotopic (exact) mass is 451 g/mol. The van der Waals surface area contributed by atoms with Gasteiger partial charge in [-0.25, -0.2) is 0 Å². The fourth-order valence-corrected chi connectivity index (χ4v) is 8.95. The summed E-state index contributed by atoms with van der Waals surface area (Å²) in [6.07, 6.45) is 5.32. The molecule has 33 heavy (non-hydrogen) atoms. The molecule has 3 fully saturated rings. The summed E-state index contributed by atoms with van der Waals surface area (Å²) in [6.45, 7) is 8.36. The van der Waals surface area contributed by atoms with Gasteiger partial charge in [-0.1, -0.05) is 32.0 Å². The minimum absolute atomic E-state index is 0.0580. The Balaban J connectivity index is 1.47. The van der Waals surface area contributed by atoms with Gasteiger partial charge in [0.15, 0.2) is 0 Å². The molecule has 1 aromatic heterocycles. The first-order valence-corrected chi connectivity index (χ1v) is 12.7. The summed E-state index contributed by atoms with van der Waals surface area (Å²) in [5.74, 6) is -0.0993. The summed E-state index contributed by atoms with van der Waals surface area (Å²) in [5.41, 5.74) is 1.96. The molecule has 6 rings (SSSR count). The van der Waals surface area contributed by atoms with E-state index < -0.39 is 17.0 Å². The molecule has 0 unspecified atom stereocenters. The van der Waals surface area contributed by atoms with Crippen molar-refractivity contribution in [2.75, 3.05) is 0 Å². The molecule has 7 atom stereocenters. The number of carbonyl (C=O) groups is 1. The number of carboxylic acids is 1. The van der Waals surface area contributed by atoms with Gasteiger partial charge in [-0.15, -0.1) is 0 Å². The van der Waals surface area contributed by atoms with Crippen LogP contribution in [0.1, 0.15) is 77.5 Å². The number of aromatic nitrogens is 1. The highest BCUT2D eigenvalue weighted by atomic mass is 16.5. The first kappa shape index (κ1) is 21.7. The average Bonchev–Trinajstić information content (AvgIpc) is 3.27. The van der Waals surface area contributed by atoms with E-state index >= 15 is 0 Å². The van der Waals surface area contributed by atoms with Crippen LogP contribution in [0.5, 0.6) is 0 Å². The van der Waals surface area contributed by atoms with Crippen LogP contribution in [0.25, 0.3) is 10.9 Å². The number of aliphatic hydroxyl groups is 1. The summed E-state index contributed by atoms with van der Waals surface area (Å²) in [4.78, 5) is 16.9. The highest BCUT2D eigenvalue weighted by Gasteiger charge is 2.71. The maximum absolute atomic E-state index is 13.1. The van der Waals surface area contributed by atoms with Crippen LogP contribution in [0.3, 0.4) is 0 Å². The quantitative estimate of drug-likeness (QED) is 0.586. The van der Waals surface area contributed by atoms with Gasteiger partial charge >= 0.3 is 5.97 Å². The van der Waals surface area contributed by atoms with Crippen molar-refractivity contribution in [3.8, 4) is 0 Å². The molecule has 0 spiro atoms. The first-order chi connectivity index (χ1) is 15.5. The Morgan fingerprint density at radius 2 is 1.88 bits per heavy atom. The molecule has 0 amide bonds. The summed E-state index contributed by atoms with van der Waals surface area (Å²) >= 11 is 0. The van der Waals surface area contributed by atoms with E-state index in [9.17, 15) is 15.0 Å². The van der Waals surface area contributed by atoms with Crippen LogP contribution in [-0.2, 0) is 21.4 Å². The third-order valence-electron chi connectivity index (χ3n) is 10.8. The van der Waals surface area contributed by atoms with E-state index in [-0.39, 0.29) is 29.0 Å². The van der Waals surface area contributed by atoms with Crippen LogP contribution in [0.15, 0.2) is 24.3 Å². The molecular weight excluding hydrogens is 414 g/mol. The minimum atomic E-state index is -0.959. The largest absolute Gasteiger partial charge is 0.481 e. The van der Waals surface area contributed by atoms with Crippen LogP contribution in [0.2, 0.25) is 0 Å². The normalized spacial score (nSPS) is 42.3. The summed E-state index contributed by atoms with van der Waals surface area (Å²) in [7, 11) is 0. The Morgan fingerprint density at radius 1 is 1.12 bits per heavy atom. The fourth-order valence-electron chi connectivity index (χ4n) is 8.95. The van der Waals surface area contributed by atoms with Crippen LogP contribution in [0, 0.1) is 22.7 Å². The van der Waals surface area contributed by atoms with Crippen LogP contribution in [0.4, 0.5) is 0 Å². The summed E-state index contributed by atoms with van der Waals surface area (Å²) in [5, 5.41) is 22.7. The van der Waals surface area contributed by atoms with Crippen molar-refractivity contribution in [3.05, 3.63) is 35.5 Å². The van der Waals surface area contributed by atoms with E-state index in [0.717, 1.165) is 32.1 Å². The van der Waals surface area contributed by atoms with Gasteiger partial charge in [-0.2, -0.15) is 0 Å². The number of benzene rings is 1. The number of ether oxygens (including phenoxy) is 1. The number of aromatic amines is 1. The predicted molar refractivity (Wildman–Crippen MR) is 127 cm³/mol. The van der Waals surface area contributed by atoms with Crippen molar-refractivity contribution in [3.63, 3.8) is 0 Å². The van der Waals surface area contributed by atoms with Crippen molar-refractivity contribution in [2.24, 2.45) is 22.7 Å². The Kier molecular flexibility index (Phi) is 4.35. The number of fused-ring (bicyclic) bond motifs is 9. The molecule has 5 heteroatoms. The molecule has 2 heterocycles. The van der Waals surface area contributed by atoms with Crippen molar-refractivity contribution in [1.29, 1.82) is 0 Å². The highest BCUT2D eigenvalue weighted by molar-refractivity contribution is 5.86. The summed E-state index contributed by atoms with van der Waals surface area (Å²) in [6, 6.07) is 8.60. The number of hydrogen-bond donors (Lipinski definition) is 3. The molecule has 178 valence electrons. The highest BCUT2D eigenvalue weighted by Crippen LogP contribution is 2.71. The third kappa shape index (κ3) is 2.53. The molecule has 2 saturated carbocycles. The number of aliphatic carboxylic acids is 1. The number of hydrogen-bond acceptors (Lipinski definition) is 3. The van der Waals surface area contributed by atoms with Gasteiger partial charge in [0, 0.05) is 22.0 Å². The number of rotatable bonds is 2. The van der Waals surface area contributed by atoms with Crippen LogP contribution in [-0.4, -0.2) is 39.0 Å². The topological polar surface area (TPSA) is 82.5 Å². The smallest absolute Gasteiger partial charge is 0.312 e. The van der Waals surface area contributed by atoms with E-state index in [1.54, 1.807) is 13.8 Å². The van der Waals surface area contributed by atoms with E-state index in [1.807, 2.05) is 0 Å². The lowest BCUT2D eigenvalue weighted by atomic mass is 9.39. The van der Waals surface area contributed by atoms with Crippen molar-refractivity contribution in [1.82, 2.24) is 4.98 Å². The molecule has 2 aromatic rings. The minimum Gasteiger partial charge on any atom is -0.481 e. The lowest BCUT2D eigenvalue weighted by Gasteiger charge is -2.66. The van der Waals surface area contributed by atoms with Gasteiger partial charge in [0.1, 0.15) is 0 Å². The van der Waals surface area contributed by atoms with E-state index in [4.69, 9.17) is 4.74 Å². The lowest BCUT2D eigenvalue weighted by molar-refractivity contribution is -0.253. The van der Waals surface area contributed by atoms with Crippen molar-refractivity contribution in [2.45, 2.75) is 95.9 Å². The van der Waals surface area contributed by atoms with Gasteiger partial charge in [0.25, 0.3) is 0 Å². The Bertz CT molecular complexity index is 1130. The van der Waals surface area contributed by atoms with Gasteiger partial charge in [0.05, 0.1) is 23.2 Å². The van der Waals surface area contributed by atoms with Crippen molar-refractivity contribution >= 4 is 16.9 Å². The molecule has 1 saturated heterocycles. The second kappa shape index (κ2) is 6.63. The van der Waals surface area contributed by atoms with E-state index in [2.05, 4.69) is 43.1 Å². The number of para-hydroxylation sites is 1. The zero-order valence-electron chi connectivity index (χ0n) is 20.3. The predicted octanol–water partition coefficient (Wildman–Crippen LogP) is 5.20. The molecule has 0 bridgehead atoms. The van der Waals surface area contributed by atoms with Crippen LogP contribution >= 0.6 is 0 Å². The van der Waals surface area contributed by atoms with Gasteiger partial charge in [-0.3, -0.25) is 4.79 Å². The fraction of sp³-hybridized carbons (Fsp3) is 0.679. The van der Waals surface area contributed by atoms with Gasteiger partial charge in [0.2, 0.25) is 0 Å². The Hall–Kier alpha value is -1.85. The molecule has 1 aromatic carbocycles. The number of H-pyrrole nitrogens is 1. The maximum Gasteiger partial charge on any atom is 0.312 e. The average molecular weight is 452 g/mol. The van der Waals surface area contributed by atoms with E-state index in [0.29, 0.717) is 18.8 Å². The van der Waals surface area contributed by atoms with Gasteiger partial charge < -0.3 is 19.9 Å². The number of nitrogens with one attached hydrogen (secondary N) is 1. The third-order valence-corrected chi connectivity index (χ3v) is 10.8. The Morgan fingerprint density at radius 3 is 2.61 bits per heavy atom. The molecule has 3 N–H and O–H groups in total. The second-order valence-corrected chi connectivity index (χ2v) is 12.4. The molecule has 0 radical (unpaired) electrons.